The number of aliphatic hydroxyl groups excluding tert-OH is 1. The number of amides is 2. The van der Waals surface area contributed by atoms with Crippen LogP contribution in [-0.4, -0.2) is 41.4 Å². The van der Waals surface area contributed by atoms with Crippen molar-refractivity contribution in [2.75, 3.05) is 13.2 Å². The van der Waals surface area contributed by atoms with Crippen LogP contribution in [0.5, 0.6) is 0 Å². The van der Waals surface area contributed by atoms with Crippen LogP contribution in [0.1, 0.15) is 19.3 Å². The fraction of sp³-hybridized carbons (Fsp3) is 0.600. The number of carbonyl (C=O) groups excluding carboxylic acids is 1. The fourth-order valence-corrected chi connectivity index (χ4v) is 0.988. The number of rotatable bonds is 7. The number of terminal acetylenes is 1. The summed E-state index contributed by atoms with van der Waals surface area (Å²) in [4.78, 5) is 21.8. The average Bonchev–Trinajstić information content (AvgIpc) is 2.23. The lowest BCUT2D eigenvalue weighted by Gasteiger charge is -2.13. The van der Waals surface area contributed by atoms with Crippen molar-refractivity contribution in [2.24, 2.45) is 0 Å². The second-order valence-electron chi connectivity index (χ2n) is 3.11. The molecule has 6 heteroatoms. The van der Waals surface area contributed by atoms with Crippen molar-refractivity contribution in [3.8, 4) is 12.3 Å². The molecule has 16 heavy (non-hydrogen) atoms. The van der Waals surface area contributed by atoms with E-state index in [1.807, 2.05) is 0 Å². The van der Waals surface area contributed by atoms with Gasteiger partial charge in [0.2, 0.25) is 0 Å². The molecule has 0 aliphatic heterocycles. The number of urea groups is 1. The highest BCUT2D eigenvalue weighted by Gasteiger charge is 2.18. The Morgan fingerprint density at radius 2 is 2.12 bits per heavy atom. The van der Waals surface area contributed by atoms with Gasteiger partial charge < -0.3 is 20.8 Å². The molecule has 0 aromatic heterocycles. The zero-order valence-corrected chi connectivity index (χ0v) is 8.90. The molecule has 0 aromatic rings. The minimum atomic E-state index is -1.17. The highest BCUT2D eigenvalue weighted by atomic mass is 16.4. The number of carboxylic acids is 1. The first kappa shape index (κ1) is 14.3. The number of unbranched alkanes of at least 4 members (excludes halogenated alkanes) is 1. The number of hydrogen-bond donors (Lipinski definition) is 4. The molecule has 0 heterocycles. The lowest BCUT2D eigenvalue weighted by molar-refractivity contribution is -0.139. The van der Waals surface area contributed by atoms with Gasteiger partial charge in [0.25, 0.3) is 0 Å². The van der Waals surface area contributed by atoms with Crippen molar-refractivity contribution in [3.05, 3.63) is 0 Å². The highest BCUT2D eigenvalue weighted by molar-refractivity contribution is 5.82. The van der Waals surface area contributed by atoms with Crippen molar-refractivity contribution in [1.29, 1.82) is 0 Å². The van der Waals surface area contributed by atoms with Crippen LogP contribution in [0.3, 0.4) is 0 Å². The van der Waals surface area contributed by atoms with Crippen molar-refractivity contribution in [3.63, 3.8) is 0 Å². The Balaban J connectivity index is 3.83. The molecule has 4 N–H and O–H groups in total. The first-order valence-corrected chi connectivity index (χ1v) is 4.93. The SMILES string of the molecule is C#CCCCNC(=O)N[C@H](CCO)C(=O)O. The molecule has 0 spiro atoms. The Labute approximate surface area is 94.0 Å². The molecule has 0 rings (SSSR count). The Bertz CT molecular complexity index is 272. The third-order valence-corrected chi connectivity index (χ3v) is 1.80. The smallest absolute Gasteiger partial charge is 0.326 e. The summed E-state index contributed by atoms with van der Waals surface area (Å²) < 4.78 is 0. The van der Waals surface area contributed by atoms with E-state index in [9.17, 15) is 9.59 Å². The normalized spacial score (nSPS) is 11.2. The van der Waals surface area contributed by atoms with Gasteiger partial charge in [-0.15, -0.1) is 12.3 Å². The second kappa shape index (κ2) is 8.56. The van der Waals surface area contributed by atoms with Gasteiger partial charge in [0, 0.05) is 26.0 Å². The van der Waals surface area contributed by atoms with Gasteiger partial charge in [-0.3, -0.25) is 0 Å². The summed E-state index contributed by atoms with van der Waals surface area (Å²) in [7, 11) is 0. The maximum atomic E-state index is 11.2. The fourth-order valence-electron chi connectivity index (χ4n) is 0.988. The highest BCUT2D eigenvalue weighted by Crippen LogP contribution is 1.91. The first-order chi connectivity index (χ1) is 7.61. The number of carbonyl (C=O) groups is 2. The van der Waals surface area contributed by atoms with E-state index >= 15 is 0 Å². The van der Waals surface area contributed by atoms with Crippen LogP contribution in [0.15, 0.2) is 0 Å². The molecule has 0 aromatic carbocycles. The van der Waals surface area contributed by atoms with E-state index < -0.39 is 18.0 Å². The van der Waals surface area contributed by atoms with Crippen molar-refractivity contribution in [1.82, 2.24) is 10.6 Å². The molecule has 1 atom stereocenters. The molecule has 6 nitrogen and oxygen atoms in total. The maximum absolute atomic E-state index is 11.2. The summed E-state index contributed by atoms with van der Waals surface area (Å²) in [6.45, 7) is 0.0931. The summed E-state index contributed by atoms with van der Waals surface area (Å²) >= 11 is 0. The molecule has 0 saturated heterocycles. The van der Waals surface area contributed by atoms with Gasteiger partial charge in [0.15, 0.2) is 0 Å². The average molecular weight is 228 g/mol. The quantitative estimate of drug-likeness (QED) is 0.350. The minimum absolute atomic E-state index is 0.0207. The van der Waals surface area contributed by atoms with Crippen molar-refractivity contribution in [2.45, 2.75) is 25.3 Å². The predicted molar refractivity (Wildman–Crippen MR) is 57.7 cm³/mol. The Kier molecular flexibility index (Phi) is 7.63. The van der Waals surface area contributed by atoms with Gasteiger partial charge in [-0.2, -0.15) is 0 Å². The number of nitrogens with one attached hydrogen (secondary N) is 2. The molecule has 90 valence electrons. The van der Waals surface area contributed by atoms with Gasteiger partial charge in [0.1, 0.15) is 6.04 Å². The van der Waals surface area contributed by atoms with E-state index in [-0.39, 0.29) is 13.0 Å². The summed E-state index contributed by atoms with van der Waals surface area (Å²) in [5.74, 6) is 1.25. The standard InChI is InChI=1S/C10H16N2O4/c1-2-3-4-6-11-10(16)12-8(5-7-13)9(14)15/h1,8,13H,3-7H2,(H,14,15)(H2,11,12,16)/t8-/m1/s1. The lowest BCUT2D eigenvalue weighted by Crippen LogP contribution is -2.46. The number of carboxylic acid groups (broad SMARTS) is 1. The summed E-state index contributed by atoms with van der Waals surface area (Å²) in [5, 5.41) is 22.0. The molecule has 0 radical (unpaired) electrons. The first-order valence-electron chi connectivity index (χ1n) is 4.93. The molecule has 0 aliphatic rings. The summed E-state index contributed by atoms with van der Waals surface area (Å²) in [6, 6.07) is -1.64. The van der Waals surface area contributed by atoms with Crippen LogP contribution in [0.2, 0.25) is 0 Å². The summed E-state index contributed by atoms with van der Waals surface area (Å²) in [5.41, 5.74) is 0. The lowest BCUT2D eigenvalue weighted by atomic mass is 10.2. The zero-order chi connectivity index (χ0) is 12.4. The van der Waals surface area contributed by atoms with Crippen molar-refractivity contribution < 1.29 is 19.8 Å². The van der Waals surface area contributed by atoms with Gasteiger partial charge in [-0.1, -0.05) is 0 Å². The maximum Gasteiger partial charge on any atom is 0.326 e. The third kappa shape index (κ3) is 6.68. The predicted octanol–water partition coefficient (Wildman–Crippen LogP) is -0.465. The topological polar surface area (TPSA) is 98.7 Å². The van der Waals surface area contributed by atoms with Crippen LogP contribution >= 0.6 is 0 Å². The van der Waals surface area contributed by atoms with E-state index in [1.165, 1.54) is 0 Å². The second-order valence-corrected chi connectivity index (χ2v) is 3.11. The Morgan fingerprint density at radius 3 is 2.62 bits per heavy atom. The molecular weight excluding hydrogens is 212 g/mol. The number of aliphatic carboxylic acids is 1. The van der Waals surface area contributed by atoms with E-state index in [0.29, 0.717) is 19.4 Å². The van der Waals surface area contributed by atoms with E-state index in [1.54, 1.807) is 0 Å². The molecule has 0 saturated carbocycles. The molecule has 0 fully saturated rings. The monoisotopic (exact) mass is 228 g/mol. The Hall–Kier alpha value is -1.74. The van der Waals surface area contributed by atoms with Gasteiger partial charge >= 0.3 is 12.0 Å². The third-order valence-electron chi connectivity index (χ3n) is 1.80. The Morgan fingerprint density at radius 1 is 1.44 bits per heavy atom. The largest absolute Gasteiger partial charge is 0.480 e. The van der Waals surface area contributed by atoms with Crippen LogP contribution < -0.4 is 10.6 Å². The molecule has 0 bridgehead atoms. The van der Waals surface area contributed by atoms with Crippen LogP contribution in [-0.2, 0) is 4.79 Å². The molecule has 0 unspecified atom stereocenters. The van der Waals surface area contributed by atoms with Crippen LogP contribution in [0.25, 0.3) is 0 Å². The zero-order valence-electron chi connectivity index (χ0n) is 8.90. The molecule has 0 aliphatic carbocycles. The van der Waals surface area contributed by atoms with E-state index in [2.05, 4.69) is 16.6 Å². The van der Waals surface area contributed by atoms with E-state index in [0.717, 1.165) is 0 Å². The van der Waals surface area contributed by atoms with Crippen molar-refractivity contribution >= 4 is 12.0 Å². The molecule has 2 amide bonds. The summed E-state index contributed by atoms with van der Waals surface area (Å²) in [6.07, 6.45) is 6.20. The van der Waals surface area contributed by atoms with E-state index in [4.69, 9.17) is 16.6 Å². The van der Waals surface area contributed by atoms with Gasteiger partial charge in [-0.25, -0.2) is 9.59 Å². The van der Waals surface area contributed by atoms with Crippen LogP contribution in [0, 0.1) is 12.3 Å². The van der Waals surface area contributed by atoms with Crippen LogP contribution in [0.4, 0.5) is 4.79 Å². The number of aliphatic hydroxyl groups is 1. The number of hydrogen-bond acceptors (Lipinski definition) is 3. The molecular formula is C10H16N2O4. The minimum Gasteiger partial charge on any atom is -0.480 e. The van der Waals surface area contributed by atoms with Gasteiger partial charge in [0.05, 0.1) is 0 Å². The van der Waals surface area contributed by atoms with Gasteiger partial charge in [-0.05, 0) is 6.42 Å².